The highest BCUT2D eigenvalue weighted by Gasteiger charge is 2.16. The summed E-state index contributed by atoms with van der Waals surface area (Å²) in [5.74, 6) is 1.24. The van der Waals surface area contributed by atoms with Crippen LogP contribution in [0.25, 0.3) is 0 Å². The van der Waals surface area contributed by atoms with Crippen LogP contribution in [0.15, 0.2) is 11.8 Å². The summed E-state index contributed by atoms with van der Waals surface area (Å²) in [4.78, 5) is 0. The summed E-state index contributed by atoms with van der Waals surface area (Å²) in [5.41, 5.74) is 0. The average Bonchev–Trinajstić information content (AvgIpc) is 2.02. The summed E-state index contributed by atoms with van der Waals surface area (Å²) in [7, 11) is -1.39. The maximum Gasteiger partial charge on any atom is 0.241 e. The molecule has 0 aromatic heterocycles. The SMILES string of the molecule is CCCC/C=C(/CCC)O[Si](C)(C)C. The van der Waals surface area contributed by atoms with Crippen molar-refractivity contribution < 1.29 is 4.43 Å². The highest BCUT2D eigenvalue weighted by molar-refractivity contribution is 6.70. The first-order chi connectivity index (χ1) is 6.49. The Labute approximate surface area is 90.7 Å². The fourth-order valence-corrected chi connectivity index (χ4v) is 2.27. The topological polar surface area (TPSA) is 9.23 Å². The predicted octanol–water partition coefficient (Wildman–Crippen LogP) is 4.71. The fraction of sp³-hybridized carbons (Fsp3) is 0.833. The van der Waals surface area contributed by atoms with E-state index in [-0.39, 0.29) is 0 Å². The first-order valence-corrected chi connectivity index (χ1v) is 9.28. The Bertz CT molecular complexity index is 168. The molecule has 2 heteroatoms. The van der Waals surface area contributed by atoms with Crippen molar-refractivity contribution in [3.8, 4) is 0 Å². The van der Waals surface area contributed by atoms with E-state index in [1.165, 1.54) is 31.4 Å². The molecule has 0 atom stereocenters. The lowest BCUT2D eigenvalue weighted by Gasteiger charge is -2.21. The normalized spacial score (nSPS) is 13.1. The minimum Gasteiger partial charge on any atom is -0.548 e. The molecule has 0 heterocycles. The molecule has 1 nitrogen and oxygen atoms in total. The van der Waals surface area contributed by atoms with Crippen LogP contribution in [0.2, 0.25) is 19.6 Å². The van der Waals surface area contributed by atoms with E-state index in [1.807, 2.05) is 0 Å². The molecule has 0 fully saturated rings. The van der Waals surface area contributed by atoms with Gasteiger partial charge in [0.2, 0.25) is 8.32 Å². The Hall–Kier alpha value is -0.243. The lowest BCUT2D eigenvalue weighted by molar-refractivity contribution is 0.394. The molecule has 0 rings (SSSR count). The molecule has 0 amide bonds. The van der Waals surface area contributed by atoms with Gasteiger partial charge in [0, 0.05) is 6.42 Å². The first-order valence-electron chi connectivity index (χ1n) is 5.87. The second-order valence-electron chi connectivity index (χ2n) is 4.78. The summed E-state index contributed by atoms with van der Waals surface area (Å²) >= 11 is 0. The Morgan fingerprint density at radius 3 is 2.21 bits per heavy atom. The van der Waals surface area contributed by atoms with Crippen LogP contribution in [0.5, 0.6) is 0 Å². The third-order valence-electron chi connectivity index (χ3n) is 1.86. The van der Waals surface area contributed by atoms with Crippen LogP contribution >= 0.6 is 0 Å². The molecule has 0 aliphatic rings. The van der Waals surface area contributed by atoms with E-state index in [9.17, 15) is 0 Å². The van der Waals surface area contributed by atoms with Crippen molar-refractivity contribution in [3.63, 3.8) is 0 Å². The summed E-state index contributed by atoms with van der Waals surface area (Å²) in [6, 6.07) is 0. The molecular formula is C12H26OSi. The quantitative estimate of drug-likeness (QED) is 0.339. The molecule has 0 bridgehead atoms. The molecule has 0 aromatic carbocycles. The lowest BCUT2D eigenvalue weighted by atomic mass is 10.2. The molecule has 0 aliphatic carbocycles. The average molecular weight is 214 g/mol. The number of hydrogen-bond donors (Lipinski definition) is 0. The van der Waals surface area contributed by atoms with Crippen LogP contribution < -0.4 is 0 Å². The predicted molar refractivity (Wildman–Crippen MR) is 66.9 cm³/mol. The van der Waals surface area contributed by atoms with Crippen molar-refractivity contribution in [2.75, 3.05) is 0 Å². The van der Waals surface area contributed by atoms with E-state index in [0.717, 1.165) is 6.42 Å². The van der Waals surface area contributed by atoms with Gasteiger partial charge in [-0.3, -0.25) is 0 Å². The molecule has 0 radical (unpaired) electrons. The summed E-state index contributed by atoms with van der Waals surface area (Å²) in [6.45, 7) is 11.2. The highest BCUT2D eigenvalue weighted by Crippen LogP contribution is 2.16. The summed E-state index contributed by atoms with van der Waals surface area (Å²) in [5, 5.41) is 0. The lowest BCUT2D eigenvalue weighted by Crippen LogP contribution is -2.24. The zero-order valence-corrected chi connectivity index (χ0v) is 11.5. The fourth-order valence-electron chi connectivity index (χ4n) is 1.30. The van der Waals surface area contributed by atoms with Crippen molar-refractivity contribution in [1.29, 1.82) is 0 Å². The zero-order chi connectivity index (χ0) is 11.0. The van der Waals surface area contributed by atoms with Gasteiger partial charge >= 0.3 is 0 Å². The number of rotatable bonds is 7. The minimum atomic E-state index is -1.39. The molecule has 0 spiro atoms. The molecule has 0 saturated carbocycles. The maximum absolute atomic E-state index is 6.02. The van der Waals surface area contributed by atoms with Crippen molar-refractivity contribution in [2.24, 2.45) is 0 Å². The molecule has 0 aromatic rings. The Balaban J connectivity index is 4.06. The van der Waals surface area contributed by atoms with Gasteiger partial charge in [0.25, 0.3) is 0 Å². The molecule has 0 aliphatic heterocycles. The van der Waals surface area contributed by atoms with E-state index in [4.69, 9.17) is 4.43 Å². The van der Waals surface area contributed by atoms with Gasteiger partial charge in [-0.15, -0.1) is 0 Å². The molecule has 84 valence electrons. The largest absolute Gasteiger partial charge is 0.548 e. The first kappa shape index (κ1) is 13.8. The van der Waals surface area contributed by atoms with Crippen LogP contribution in [-0.4, -0.2) is 8.32 Å². The molecule has 0 unspecified atom stereocenters. The van der Waals surface area contributed by atoms with E-state index in [0.29, 0.717) is 0 Å². The number of allylic oxidation sites excluding steroid dienone is 2. The number of hydrogen-bond acceptors (Lipinski definition) is 1. The van der Waals surface area contributed by atoms with E-state index >= 15 is 0 Å². The van der Waals surface area contributed by atoms with Crippen molar-refractivity contribution >= 4 is 8.32 Å². The van der Waals surface area contributed by atoms with Crippen LogP contribution in [0.1, 0.15) is 46.0 Å². The van der Waals surface area contributed by atoms with E-state index in [1.54, 1.807) is 0 Å². The maximum atomic E-state index is 6.02. The summed E-state index contributed by atoms with van der Waals surface area (Å²) in [6.07, 6.45) is 8.31. The minimum absolute atomic E-state index is 1.11. The van der Waals surface area contributed by atoms with Gasteiger partial charge in [-0.2, -0.15) is 0 Å². The smallest absolute Gasteiger partial charge is 0.241 e. The summed E-state index contributed by atoms with van der Waals surface area (Å²) < 4.78 is 6.02. The van der Waals surface area contributed by atoms with Crippen molar-refractivity contribution in [1.82, 2.24) is 0 Å². The third kappa shape index (κ3) is 8.36. The van der Waals surface area contributed by atoms with E-state index < -0.39 is 8.32 Å². The molecular weight excluding hydrogens is 188 g/mol. The monoisotopic (exact) mass is 214 g/mol. The van der Waals surface area contributed by atoms with Crippen molar-refractivity contribution in [2.45, 2.75) is 65.6 Å². The van der Waals surface area contributed by atoms with Crippen LogP contribution in [0.3, 0.4) is 0 Å². The number of unbranched alkanes of at least 4 members (excludes halogenated alkanes) is 2. The van der Waals surface area contributed by atoms with Gasteiger partial charge < -0.3 is 4.43 Å². The Morgan fingerprint density at radius 2 is 1.79 bits per heavy atom. The molecule has 0 N–H and O–H groups in total. The van der Waals surface area contributed by atoms with Gasteiger partial charge in [-0.1, -0.05) is 20.3 Å². The van der Waals surface area contributed by atoms with Gasteiger partial charge in [-0.25, -0.2) is 0 Å². The van der Waals surface area contributed by atoms with Gasteiger partial charge in [0.15, 0.2) is 0 Å². The van der Waals surface area contributed by atoms with Crippen LogP contribution in [-0.2, 0) is 4.43 Å². The molecule has 0 saturated heterocycles. The van der Waals surface area contributed by atoms with Crippen LogP contribution in [0, 0.1) is 0 Å². The third-order valence-corrected chi connectivity index (χ3v) is 2.74. The zero-order valence-electron chi connectivity index (χ0n) is 10.5. The van der Waals surface area contributed by atoms with Gasteiger partial charge in [0.05, 0.1) is 5.76 Å². The highest BCUT2D eigenvalue weighted by atomic mass is 28.4. The second kappa shape index (κ2) is 7.10. The van der Waals surface area contributed by atoms with Gasteiger partial charge in [0.1, 0.15) is 0 Å². The second-order valence-corrected chi connectivity index (χ2v) is 9.21. The van der Waals surface area contributed by atoms with Crippen LogP contribution in [0.4, 0.5) is 0 Å². The Morgan fingerprint density at radius 1 is 1.14 bits per heavy atom. The van der Waals surface area contributed by atoms with E-state index in [2.05, 4.69) is 39.6 Å². The van der Waals surface area contributed by atoms with Crippen molar-refractivity contribution in [3.05, 3.63) is 11.8 Å². The Kier molecular flexibility index (Phi) is 6.98. The standard InChI is InChI=1S/C12H26OSi/c1-6-8-9-11-12(10-7-2)13-14(3,4)5/h11H,6-10H2,1-5H3/b12-11-. The van der Waals surface area contributed by atoms with Gasteiger partial charge in [-0.05, 0) is 45.0 Å². The molecule has 14 heavy (non-hydrogen) atoms.